The van der Waals surface area contributed by atoms with Crippen LogP contribution in [0.4, 0.5) is 5.69 Å². The van der Waals surface area contributed by atoms with Crippen LogP contribution in [0.15, 0.2) is 53.5 Å². The molecule has 156 valence electrons. The van der Waals surface area contributed by atoms with Gasteiger partial charge in [-0.3, -0.25) is 14.8 Å². The van der Waals surface area contributed by atoms with E-state index in [4.69, 9.17) is 4.74 Å². The number of rotatable bonds is 5. The lowest BCUT2D eigenvalue weighted by Gasteiger charge is -2.13. The summed E-state index contributed by atoms with van der Waals surface area (Å²) in [5.74, 6) is 0.910. The zero-order valence-corrected chi connectivity index (χ0v) is 18.0. The number of carbonyl (C=O) groups is 1. The maximum atomic E-state index is 12.8. The minimum absolute atomic E-state index is 0.215. The number of nitrogens with zero attached hydrogens (tertiary/aromatic N) is 3. The van der Waals surface area contributed by atoms with Gasteiger partial charge in [0.05, 0.1) is 19.3 Å². The first-order chi connectivity index (χ1) is 14.4. The molecule has 0 bridgehead atoms. The molecule has 30 heavy (non-hydrogen) atoms. The van der Waals surface area contributed by atoms with Gasteiger partial charge >= 0.3 is 0 Å². The third-order valence-corrected chi connectivity index (χ3v) is 5.03. The van der Waals surface area contributed by atoms with Crippen LogP contribution in [0.3, 0.4) is 0 Å². The van der Waals surface area contributed by atoms with Crippen LogP contribution in [0.1, 0.15) is 32.9 Å². The number of nitrogens with one attached hydrogen (secondary N) is 2. The van der Waals surface area contributed by atoms with E-state index in [9.17, 15) is 4.79 Å². The van der Waals surface area contributed by atoms with Crippen LogP contribution in [0.25, 0.3) is 0 Å². The summed E-state index contributed by atoms with van der Waals surface area (Å²) in [6.45, 7) is 6.27. The number of carbonyl (C=O) groups excluding carboxylic acids is 1. The molecule has 0 radical (unpaired) electrons. The summed E-state index contributed by atoms with van der Waals surface area (Å²) in [4.78, 5) is 17.5. The number of anilines is 1. The second-order valence-electron chi connectivity index (χ2n) is 7.06. The van der Waals surface area contributed by atoms with E-state index < -0.39 is 0 Å². The van der Waals surface area contributed by atoms with Crippen LogP contribution >= 0.6 is 0 Å². The second-order valence-corrected chi connectivity index (χ2v) is 7.06. The Morgan fingerprint density at radius 1 is 1.10 bits per heavy atom. The van der Waals surface area contributed by atoms with Gasteiger partial charge in [0.25, 0.3) is 5.91 Å². The van der Waals surface area contributed by atoms with Crippen molar-refractivity contribution in [3.05, 3.63) is 76.6 Å². The van der Waals surface area contributed by atoms with Crippen LogP contribution in [-0.4, -0.2) is 28.8 Å². The van der Waals surface area contributed by atoms with E-state index in [1.54, 1.807) is 13.2 Å². The number of aromatic nitrogens is 2. The third kappa shape index (κ3) is 4.86. The molecule has 1 heterocycles. The van der Waals surface area contributed by atoms with Crippen molar-refractivity contribution in [3.8, 4) is 5.75 Å². The largest absolute Gasteiger partial charge is 0.497 e. The number of aliphatic imine (C=N–C) groups is 1. The van der Waals surface area contributed by atoms with Crippen LogP contribution < -0.4 is 15.4 Å². The Morgan fingerprint density at radius 3 is 2.40 bits per heavy atom. The standard InChI is InChI=1S/C23H27N5O2/c1-15-8-6-7-9-20(15)22(29)26-23(25-18-10-12-19(30-5)13-11-18)24-14-21-16(2)27-28(4)17(21)3/h6-13H,14H2,1-5H3,(H2,24,25,26,29). The van der Waals surface area contributed by atoms with Crippen LogP contribution in [-0.2, 0) is 13.6 Å². The topological polar surface area (TPSA) is 80.5 Å². The zero-order chi connectivity index (χ0) is 21.7. The van der Waals surface area contributed by atoms with Crippen molar-refractivity contribution in [1.82, 2.24) is 15.1 Å². The molecule has 0 unspecified atom stereocenters. The van der Waals surface area contributed by atoms with E-state index >= 15 is 0 Å². The number of methoxy groups -OCH3 is 1. The van der Waals surface area contributed by atoms with Crippen molar-refractivity contribution < 1.29 is 9.53 Å². The Kier molecular flexibility index (Phi) is 6.51. The van der Waals surface area contributed by atoms with E-state index in [2.05, 4.69) is 20.7 Å². The molecule has 0 spiro atoms. The molecule has 0 fully saturated rings. The average Bonchev–Trinajstić information content (AvgIpc) is 2.98. The molecule has 3 rings (SSSR count). The molecule has 1 amide bonds. The molecule has 0 aliphatic heterocycles. The second kappa shape index (κ2) is 9.26. The normalized spacial score (nSPS) is 11.3. The zero-order valence-electron chi connectivity index (χ0n) is 18.0. The van der Waals surface area contributed by atoms with Crippen LogP contribution in [0, 0.1) is 20.8 Å². The molecular formula is C23H27N5O2. The van der Waals surface area contributed by atoms with Gasteiger partial charge in [-0.05, 0) is 56.7 Å². The van der Waals surface area contributed by atoms with Gasteiger partial charge in [0.2, 0.25) is 5.96 Å². The Bertz CT molecular complexity index is 1070. The molecule has 1 aromatic heterocycles. The average molecular weight is 406 g/mol. The number of benzene rings is 2. The fourth-order valence-electron chi connectivity index (χ4n) is 3.13. The molecule has 7 heteroatoms. The Hall–Kier alpha value is -3.61. The lowest BCUT2D eigenvalue weighted by molar-refractivity contribution is 0.0976. The highest BCUT2D eigenvalue weighted by Crippen LogP contribution is 2.16. The van der Waals surface area contributed by atoms with E-state index in [1.165, 1.54) is 0 Å². The minimum atomic E-state index is -0.215. The molecule has 7 nitrogen and oxygen atoms in total. The molecule has 2 aromatic carbocycles. The summed E-state index contributed by atoms with van der Waals surface area (Å²) in [7, 11) is 3.53. The Labute approximate surface area is 176 Å². The molecular weight excluding hydrogens is 378 g/mol. The van der Waals surface area contributed by atoms with Crippen molar-refractivity contribution >= 4 is 17.6 Å². The van der Waals surface area contributed by atoms with Gasteiger partial charge in [0.1, 0.15) is 5.75 Å². The molecule has 0 aliphatic rings. The summed E-state index contributed by atoms with van der Waals surface area (Å²) < 4.78 is 7.04. The SMILES string of the molecule is COc1ccc(NC(=NCc2c(C)nn(C)c2C)NC(=O)c2ccccc2C)cc1. The van der Waals surface area contributed by atoms with E-state index in [0.29, 0.717) is 18.1 Å². The van der Waals surface area contributed by atoms with Crippen LogP contribution in [0.5, 0.6) is 5.75 Å². The molecule has 0 saturated carbocycles. The third-order valence-electron chi connectivity index (χ3n) is 5.03. The quantitative estimate of drug-likeness (QED) is 0.500. The van der Waals surface area contributed by atoms with Gasteiger partial charge < -0.3 is 10.1 Å². The van der Waals surface area contributed by atoms with Gasteiger partial charge in [0, 0.05) is 29.6 Å². The first kappa shape index (κ1) is 21.1. The lowest BCUT2D eigenvalue weighted by Crippen LogP contribution is -2.36. The maximum absolute atomic E-state index is 12.8. The van der Waals surface area contributed by atoms with Gasteiger partial charge in [-0.15, -0.1) is 0 Å². The fraction of sp³-hybridized carbons (Fsp3) is 0.261. The number of hydrogen-bond acceptors (Lipinski definition) is 4. The monoisotopic (exact) mass is 405 g/mol. The molecule has 0 atom stereocenters. The molecule has 0 aliphatic carbocycles. The van der Waals surface area contributed by atoms with Gasteiger partial charge in [-0.1, -0.05) is 18.2 Å². The van der Waals surface area contributed by atoms with Gasteiger partial charge in [-0.2, -0.15) is 5.10 Å². The molecule has 0 saturated heterocycles. The molecule has 2 N–H and O–H groups in total. The fourth-order valence-corrected chi connectivity index (χ4v) is 3.13. The number of guanidine groups is 1. The number of ether oxygens (including phenoxy) is 1. The summed E-state index contributed by atoms with van der Waals surface area (Å²) in [5.41, 5.74) is 5.31. The predicted molar refractivity (Wildman–Crippen MR) is 119 cm³/mol. The van der Waals surface area contributed by atoms with E-state index in [1.807, 2.05) is 75.0 Å². The first-order valence-electron chi connectivity index (χ1n) is 9.70. The van der Waals surface area contributed by atoms with Gasteiger partial charge in [-0.25, -0.2) is 4.99 Å². The van der Waals surface area contributed by atoms with Gasteiger partial charge in [0.15, 0.2) is 0 Å². The lowest BCUT2D eigenvalue weighted by atomic mass is 10.1. The Morgan fingerprint density at radius 2 is 1.80 bits per heavy atom. The number of amides is 1. The van der Waals surface area contributed by atoms with Crippen molar-refractivity contribution in [2.75, 3.05) is 12.4 Å². The highest BCUT2D eigenvalue weighted by molar-refractivity contribution is 6.10. The maximum Gasteiger partial charge on any atom is 0.258 e. The van der Waals surface area contributed by atoms with Crippen molar-refractivity contribution in [2.24, 2.45) is 12.0 Å². The summed E-state index contributed by atoms with van der Waals surface area (Å²) in [6.07, 6.45) is 0. The smallest absolute Gasteiger partial charge is 0.258 e. The number of aryl methyl sites for hydroxylation is 3. The van der Waals surface area contributed by atoms with Crippen molar-refractivity contribution in [1.29, 1.82) is 0 Å². The highest BCUT2D eigenvalue weighted by Gasteiger charge is 2.13. The summed E-state index contributed by atoms with van der Waals surface area (Å²) in [5, 5.41) is 10.5. The van der Waals surface area contributed by atoms with Crippen LogP contribution in [0.2, 0.25) is 0 Å². The van der Waals surface area contributed by atoms with Crippen molar-refractivity contribution in [3.63, 3.8) is 0 Å². The number of hydrogen-bond donors (Lipinski definition) is 2. The molecule has 3 aromatic rings. The predicted octanol–water partition coefficient (Wildman–Crippen LogP) is 3.75. The summed E-state index contributed by atoms with van der Waals surface area (Å²) >= 11 is 0. The highest BCUT2D eigenvalue weighted by atomic mass is 16.5. The summed E-state index contributed by atoms with van der Waals surface area (Å²) in [6, 6.07) is 14.9. The first-order valence-corrected chi connectivity index (χ1v) is 9.70. The Balaban J connectivity index is 1.86. The van der Waals surface area contributed by atoms with Crippen molar-refractivity contribution in [2.45, 2.75) is 27.3 Å². The van der Waals surface area contributed by atoms with E-state index in [0.717, 1.165) is 34.0 Å². The van der Waals surface area contributed by atoms with E-state index in [-0.39, 0.29) is 5.91 Å². The minimum Gasteiger partial charge on any atom is -0.497 e.